The topological polar surface area (TPSA) is 228 Å². The number of aliphatic hydroxyl groups is 8. The Morgan fingerprint density at radius 3 is 0.960 bits per heavy atom. The molecule has 12 unspecified atom stereocenters. The van der Waals surface area contributed by atoms with Gasteiger partial charge < -0.3 is 65.1 Å². The molecule has 2 heterocycles. The van der Waals surface area contributed by atoms with Gasteiger partial charge in [-0.15, -0.1) is 0 Å². The van der Waals surface area contributed by atoms with Crippen molar-refractivity contribution in [3.8, 4) is 0 Å². The molecule has 1 amide bonds. The van der Waals surface area contributed by atoms with Crippen molar-refractivity contribution >= 4 is 5.91 Å². The fourth-order valence-electron chi connectivity index (χ4n) is 14.6. The molecule has 12 atom stereocenters. The van der Waals surface area contributed by atoms with Crippen molar-refractivity contribution in [3.63, 3.8) is 0 Å². The third-order valence-electron chi connectivity index (χ3n) is 21.4. The molecule has 0 aliphatic carbocycles. The van der Waals surface area contributed by atoms with Crippen LogP contribution in [0.4, 0.5) is 0 Å². The maximum Gasteiger partial charge on any atom is 0.220 e. The van der Waals surface area contributed by atoms with E-state index in [-0.39, 0.29) is 18.9 Å². The molecule has 0 aromatic carbocycles. The highest BCUT2D eigenvalue weighted by atomic mass is 16.7. The average molecular weight is 1410 g/mol. The summed E-state index contributed by atoms with van der Waals surface area (Å²) in [7, 11) is 0. The molecule has 0 radical (unpaired) electrons. The van der Waals surface area contributed by atoms with Crippen molar-refractivity contribution in [1.29, 1.82) is 0 Å². The van der Waals surface area contributed by atoms with Crippen LogP contribution < -0.4 is 5.32 Å². The molecule has 2 aliphatic heterocycles. The van der Waals surface area contributed by atoms with Crippen LogP contribution in [0.15, 0.2) is 24.3 Å². The van der Waals surface area contributed by atoms with Gasteiger partial charge >= 0.3 is 0 Å². The Kier molecular flexibility index (Phi) is 65.7. The molecule has 586 valence electrons. The van der Waals surface area contributed by atoms with Crippen molar-refractivity contribution in [3.05, 3.63) is 24.3 Å². The van der Waals surface area contributed by atoms with Gasteiger partial charge in [0.15, 0.2) is 12.6 Å². The van der Waals surface area contributed by atoms with Crippen LogP contribution in [0.1, 0.15) is 418 Å². The number of ether oxygens (including phenoxy) is 4. The van der Waals surface area contributed by atoms with Gasteiger partial charge in [-0.3, -0.25) is 4.79 Å². The number of aliphatic hydroxyl groups excluding tert-OH is 8. The minimum atomic E-state index is -1.79. The van der Waals surface area contributed by atoms with Crippen LogP contribution in [0, 0.1) is 0 Å². The first-order chi connectivity index (χ1) is 48.6. The quantitative estimate of drug-likeness (QED) is 0.0204. The van der Waals surface area contributed by atoms with Crippen LogP contribution in [0.3, 0.4) is 0 Å². The molecular formula is C85H163NO13. The third kappa shape index (κ3) is 52.2. The van der Waals surface area contributed by atoms with E-state index in [1.807, 2.05) is 6.08 Å². The lowest BCUT2D eigenvalue weighted by atomic mass is 9.97. The van der Waals surface area contributed by atoms with Gasteiger partial charge in [0, 0.05) is 6.42 Å². The summed E-state index contributed by atoms with van der Waals surface area (Å²) in [6.45, 7) is 2.88. The zero-order valence-corrected chi connectivity index (χ0v) is 64.5. The van der Waals surface area contributed by atoms with Gasteiger partial charge in [-0.05, 0) is 44.9 Å². The van der Waals surface area contributed by atoms with Gasteiger partial charge in [-0.25, -0.2) is 0 Å². The first kappa shape index (κ1) is 93.6. The van der Waals surface area contributed by atoms with Crippen molar-refractivity contribution in [2.75, 3.05) is 19.8 Å². The van der Waals surface area contributed by atoms with E-state index in [1.165, 1.54) is 353 Å². The lowest BCUT2D eigenvalue weighted by Crippen LogP contribution is -2.65. The fraction of sp³-hybridized carbons (Fsp3) is 0.941. The Labute approximate surface area is 609 Å². The largest absolute Gasteiger partial charge is 0.394 e. The number of carbonyl (C=O) groups is 1. The van der Waals surface area contributed by atoms with Gasteiger partial charge in [0.1, 0.15) is 48.8 Å². The molecule has 0 aromatic heterocycles. The number of nitrogens with one attached hydrogen (secondary N) is 1. The Morgan fingerprint density at radius 1 is 0.354 bits per heavy atom. The highest BCUT2D eigenvalue weighted by molar-refractivity contribution is 5.76. The second kappa shape index (κ2) is 69.5. The molecule has 14 heteroatoms. The number of amides is 1. The number of hydrogen-bond acceptors (Lipinski definition) is 13. The second-order valence-electron chi connectivity index (χ2n) is 30.7. The molecule has 0 saturated carbocycles. The maximum absolute atomic E-state index is 13.4. The average Bonchev–Trinajstić information content (AvgIpc) is 0.793. The lowest BCUT2D eigenvalue weighted by Gasteiger charge is -2.46. The molecule has 0 spiro atoms. The highest BCUT2D eigenvalue weighted by Gasteiger charge is 2.51. The van der Waals surface area contributed by atoms with Crippen molar-refractivity contribution < 1.29 is 64.6 Å². The predicted octanol–water partition coefficient (Wildman–Crippen LogP) is 20.2. The van der Waals surface area contributed by atoms with E-state index in [1.54, 1.807) is 6.08 Å². The molecule has 9 N–H and O–H groups in total. The van der Waals surface area contributed by atoms with E-state index in [9.17, 15) is 45.6 Å². The molecule has 2 rings (SSSR count). The monoisotopic (exact) mass is 1410 g/mol. The molecule has 0 aromatic rings. The Morgan fingerprint density at radius 2 is 0.636 bits per heavy atom. The summed E-state index contributed by atoms with van der Waals surface area (Å²) in [5.74, 6) is -0.229. The minimum Gasteiger partial charge on any atom is -0.394 e. The molecule has 99 heavy (non-hydrogen) atoms. The van der Waals surface area contributed by atoms with E-state index >= 15 is 0 Å². The predicted molar refractivity (Wildman–Crippen MR) is 411 cm³/mol. The normalized spacial score (nSPS) is 22.0. The summed E-state index contributed by atoms with van der Waals surface area (Å²) >= 11 is 0. The fourth-order valence-corrected chi connectivity index (χ4v) is 14.6. The summed E-state index contributed by atoms with van der Waals surface area (Å²) in [5, 5.41) is 87.8. The molecule has 2 fully saturated rings. The minimum absolute atomic E-state index is 0.229. The second-order valence-corrected chi connectivity index (χ2v) is 30.7. The van der Waals surface area contributed by atoms with Gasteiger partial charge in [0.2, 0.25) is 5.91 Å². The van der Waals surface area contributed by atoms with Gasteiger partial charge in [0.25, 0.3) is 0 Å². The van der Waals surface area contributed by atoms with Crippen molar-refractivity contribution in [2.45, 2.75) is 492 Å². The SMILES string of the molecule is CCCCCCCCCC/C=C\CCCCCCCCCCCCCCCCCCCCCCCC(=O)NC(COC1OC(CO)C(OC2OC(CO)C(O)C(O)C2O)C(O)C1O)C(O)/C=C/CCCCCCCCCCCCCCCCCCCCCCCCCCCCCCCC. The summed E-state index contributed by atoms with van der Waals surface area (Å²) in [6.07, 6.45) is 74.3. The van der Waals surface area contributed by atoms with Crippen LogP contribution >= 0.6 is 0 Å². The van der Waals surface area contributed by atoms with Crippen molar-refractivity contribution in [1.82, 2.24) is 5.32 Å². The Balaban J connectivity index is 1.59. The van der Waals surface area contributed by atoms with Gasteiger partial charge in [-0.1, -0.05) is 391 Å². The number of allylic oxidation sites excluding steroid dienone is 3. The molecule has 0 bridgehead atoms. The third-order valence-corrected chi connectivity index (χ3v) is 21.4. The zero-order chi connectivity index (χ0) is 71.5. The lowest BCUT2D eigenvalue weighted by molar-refractivity contribution is -0.359. The molecule has 2 aliphatic rings. The van der Waals surface area contributed by atoms with Crippen LogP contribution in [0.2, 0.25) is 0 Å². The summed E-state index contributed by atoms with van der Waals surface area (Å²) in [4.78, 5) is 13.4. The number of unbranched alkanes of at least 4 members (excludes halogenated alkanes) is 59. The van der Waals surface area contributed by atoms with E-state index in [0.717, 1.165) is 38.5 Å². The number of carbonyl (C=O) groups excluding carboxylic acids is 1. The van der Waals surface area contributed by atoms with E-state index < -0.39 is 86.8 Å². The first-order valence-electron chi connectivity index (χ1n) is 43.1. The Hall–Kier alpha value is -1.53. The van der Waals surface area contributed by atoms with Crippen LogP contribution in [0.5, 0.6) is 0 Å². The van der Waals surface area contributed by atoms with E-state index in [2.05, 4.69) is 31.3 Å². The Bertz CT molecular complexity index is 1760. The molecular weight excluding hydrogens is 1240 g/mol. The zero-order valence-electron chi connectivity index (χ0n) is 64.5. The number of rotatable bonds is 74. The van der Waals surface area contributed by atoms with Crippen LogP contribution in [0.25, 0.3) is 0 Å². The van der Waals surface area contributed by atoms with Crippen molar-refractivity contribution in [2.24, 2.45) is 0 Å². The summed E-state index contributed by atoms with van der Waals surface area (Å²) in [5.41, 5.74) is 0. The summed E-state index contributed by atoms with van der Waals surface area (Å²) in [6, 6.07) is -0.914. The highest BCUT2D eigenvalue weighted by Crippen LogP contribution is 2.31. The molecule has 2 saturated heterocycles. The number of hydrogen-bond donors (Lipinski definition) is 9. The van der Waals surface area contributed by atoms with Gasteiger partial charge in [0.05, 0.1) is 32.0 Å². The van der Waals surface area contributed by atoms with Crippen LogP contribution in [-0.4, -0.2) is 140 Å². The maximum atomic E-state index is 13.4. The first-order valence-corrected chi connectivity index (χ1v) is 43.1. The van der Waals surface area contributed by atoms with E-state index in [0.29, 0.717) is 6.42 Å². The van der Waals surface area contributed by atoms with Gasteiger partial charge in [-0.2, -0.15) is 0 Å². The van der Waals surface area contributed by atoms with E-state index in [4.69, 9.17) is 18.9 Å². The molecule has 14 nitrogen and oxygen atoms in total. The standard InChI is InChI=1S/C85H163NO13/c1-3-5-7-9-11-13-15-17-19-21-23-25-27-29-31-33-35-37-39-41-43-45-47-49-51-53-55-57-59-61-63-65-67-69-77(90)86-73(72-96-84-82(95)80(93)83(76(71-88)98-84)99-85-81(94)79(92)78(91)75(70-87)97-85)74(89)68-66-64-62-60-58-56-54-52-50-48-46-44-42-40-38-36-34-32-30-28-26-24-22-20-18-16-14-12-10-8-6-4-2/h21,23,66,68,73-76,78-85,87-89,91-95H,3-20,22,24-65,67,69-72H2,1-2H3,(H,86,90)/b23-21-,68-66+. The smallest absolute Gasteiger partial charge is 0.220 e. The summed E-state index contributed by atoms with van der Waals surface area (Å²) < 4.78 is 23.0. The van der Waals surface area contributed by atoms with Crippen LogP contribution in [-0.2, 0) is 23.7 Å².